The molecule has 0 aliphatic carbocycles. The Balaban J connectivity index is 1.85. The maximum absolute atomic E-state index is 13.0. The zero-order valence-corrected chi connectivity index (χ0v) is 9.82. The Morgan fingerprint density at radius 2 is 2.35 bits per heavy atom. The summed E-state index contributed by atoms with van der Waals surface area (Å²) in [5, 5.41) is 0. The van der Waals surface area contributed by atoms with Gasteiger partial charge in [-0.2, -0.15) is 0 Å². The standard InChI is InChI=1S/C13H18FNO2/c14-11-3-4-13(10(8-11)9-15)17-7-5-12-2-1-6-16-12/h3-4,8,12H,1-2,5-7,9,15H2. The molecule has 1 heterocycles. The predicted molar refractivity (Wildman–Crippen MR) is 63.4 cm³/mol. The van der Waals surface area contributed by atoms with E-state index in [1.165, 1.54) is 12.1 Å². The van der Waals surface area contributed by atoms with Gasteiger partial charge < -0.3 is 15.2 Å². The van der Waals surface area contributed by atoms with Gasteiger partial charge in [0.1, 0.15) is 11.6 Å². The number of hydrogen-bond acceptors (Lipinski definition) is 3. The van der Waals surface area contributed by atoms with E-state index in [0.717, 1.165) is 25.9 Å². The first-order valence-corrected chi connectivity index (χ1v) is 6.02. The van der Waals surface area contributed by atoms with Gasteiger partial charge in [-0.05, 0) is 31.0 Å². The van der Waals surface area contributed by atoms with Crippen molar-refractivity contribution in [3.63, 3.8) is 0 Å². The zero-order valence-electron chi connectivity index (χ0n) is 9.82. The van der Waals surface area contributed by atoms with Gasteiger partial charge in [-0.25, -0.2) is 4.39 Å². The first-order chi connectivity index (χ1) is 8.29. The van der Waals surface area contributed by atoms with Crippen LogP contribution in [0.15, 0.2) is 18.2 Å². The minimum atomic E-state index is -0.281. The molecule has 0 aromatic heterocycles. The van der Waals surface area contributed by atoms with Gasteiger partial charge in [0.25, 0.3) is 0 Å². The molecule has 1 aromatic carbocycles. The van der Waals surface area contributed by atoms with E-state index in [2.05, 4.69) is 0 Å². The third-order valence-electron chi connectivity index (χ3n) is 2.96. The van der Waals surface area contributed by atoms with Gasteiger partial charge in [-0.15, -0.1) is 0 Å². The van der Waals surface area contributed by atoms with E-state index >= 15 is 0 Å². The molecule has 1 atom stereocenters. The van der Waals surface area contributed by atoms with Crippen molar-refractivity contribution >= 4 is 0 Å². The molecule has 4 heteroatoms. The fraction of sp³-hybridized carbons (Fsp3) is 0.538. The highest BCUT2D eigenvalue weighted by Crippen LogP contribution is 2.21. The fourth-order valence-corrected chi connectivity index (χ4v) is 2.02. The van der Waals surface area contributed by atoms with Crippen molar-refractivity contribution in [3.8, 4) is 5.75 Å². The van der Waals surface area contributed by atoms with Crippen molar-refractivity contribution in [1.29, 1.82) is 0 Å². The summed E-state index contributed by atoms with van der Waals surface area (Å²) in [6.45, 7) is 1.73. The van der Waals surface area contributed by atoms with E-state index in [9.17, 15) is 4.39 Å². The molecule has 2 rings (SSSR count). The quantitative estimate of drug-likeness (QED) is 0.857. The summed E-state index contributed by atoms with van der Waals surface area (Å²) in [5.41, 5.74) is 6.25. The van der Waals surface area contributed by atoms with Gasteiger partial charge in [0, 0.05) is 25.1 Å². The van der Waals surface area contributed by atoms with Crippen LogP contribution in [0, 0.1) is 5.82 Å². The summed E-state index contributed by atoms with van der Waals surface area (Å²) in [6.07, 6.45) is 3.43. The Hall–Kier alpha value is -1.13. The molecule has 17 heavy (non-hydrogen) atoms. The molecule has 2 N–H and O–H groups in total. The normalized spacial score (nSPS) is 19.5. The van der Waals surface area contributed by atoms with E-state index in [0.29, 0.717) is 24.0 Å². The van der Waals surface area contributed by atoms with Crippen LogP contribution < -0.4 is 10.5 Å². The van der Waals surface area contributed by atoms with Crippen LogP contribution in [-0.4, -0.2) is 19.3 Å². The van der Waals surface area contributed by atoms with Crippen LogP contribution in [0.3, 0.4) is 0 Å². The highest BCUT2D eigenvalue weighted by atomic mass is 19.1. The topological polar surface area (TPSA) is 44.5 Å². The van der Waals surface area contributed by atoms with Crippen molar-refractivity contribution in [2.24, 2.45) is 5.73 Å². The van der Waals surface area contributed by atoms with Crippen molar-refractivity contribution in [1.82, 2.24) is 0 Å². The van der Waals surface area contributed by atoms with Crippen molar-refractivity contribution in [3.05, 3.63) is 29.6 Å². The van der Waals surface area contributed by atoms with Crippen LogP contribution in [-0.2, 0) is 11.3 Å². The second kappa shape index (κ2) is 5.98. The van der Waals surface area contributed by atoms with Gasteiger partial charge in [-0.1, -0.05) is 0 Å². The molecule has 0 radical (unpaired) electrons. The summed E-state index contributed by atoms with van der Waals surface area (Å²) in [5.74, 6) is 0.392. The van der Waals surface area contributed by atoms with E-state index in [1.54, 1.807) is 6.07 Å². The molecule has 0 saturated carbocycles. The monoisotopic (exact) mass is 239 g/mol. The summed E-state index contributed by atoms with van der Waals surface area (Å²) in [4.78, 5) is 0. The Labute approximate surface area is 101 Å². The largest absolute Gasteiger partial charge is 0.493 e. The minimum absolute atomic E-state index is 0.281. The molecule has 1 aliphatic rings. The molecule has 1 unspecified atom stereocenters. The number of benzene rings is 1. The highest BCUT2D eigenvalue weighted by Gasteiger charge is 2.15. The van der Waals surface area contributed by atoms with Gasteiger partial charge in [0.15, 0.2) is 0 Å². The van der Waals surface area contributed by atoms with E-state index in [-0.39, 0.29) is 12.4 Å². The summed E-state index contributed by atoms with van der Waals surface area (Å²) in [7, 11) is 0. The Kier molecular flexibility index (Phi) is 4.34. The molecule has 94 valence electrons. The second-order valence-electron chi connectivity index (χ2n) is 4.23. The Morgan fingerprint density at radius 3 is 3.06 bits per heavy atom. The first kappa shape index (κ1) is 12.3. The second-order valence-corrected chi connectivity index (χ2v) is 4.23. The van der Waals surface area contributed by atoms with Crippen LogP contribution in [0.4, 0.5) is 4.39 Å². The Bertz CT molecular complexity index is 364. The molecule has 0 spiro atoms. The van der Waals surface area contributed by atoms with E-state index in [1.807, 2.05) is 0 Å². The predicted octanol–water partition coefficient (Wildman–Crippen LogP) is 2.23. The van der Waals surface area contributed by atoms with Crippen LogP contribution in [0.25, 0.3) is 0 Å². The summed E-state index contributed by atoms with van der Waals surface area (Å²) < 4.78 is 24.1. The Morgan fingerprint density at radius 1 is 1.47 bits per heavy atom. The van der Waals surface area contributed by atoms with Gasteiger partial charge in [0.2, 0.25) is 0 Å². The number of hydrogen-bond donors (Lipinski definition) is 1. The summed E-state index contributed by atoms with van der Waals surface area (Å²) >= 11 is 0. The van der Waals surface area contributed by atoms with Crippen molar-refractivity contribution < 1.29 is 13.9 Å². The lowest BCUT2D eigenvalue weighted by atomic mass is 10.2. The minimum Gasteiger partial charge on any atom is -0.493 e. The highest BCUT2D eigenvalue weighted by molar-refractivity contribution is 5.33. The molecular weight excluding hydrogens is 221 g/mol. The SMILES string of the molecule is NCc1cc(F)ccc1OCCC1CCCO1. The number of halogens is 1. The molecule has 0 bridgehead atoms. The van der Waals surface area contributed by atoms with Crippen LogP contribution in [0.1, 0.15) is 24.8 Å². The molecule has 1 saturated heterocycles. The van der Waals surface area contributed by atoms with Crippen molar-refractivity contribution in [2.45, 2.75) is 31.9 Å². The van der Waals surface area contributed by atoms with Gasteiger partial charge in [-0.3, -0.25) is 0 Å². The fourth-order valence-electron chi connectivity index (χ4n) is 2.02. The maximum Gasteiger partial charge on any atom is 0.123 e. The maximum atomic E-state index is 13.0. The van der Waals surface area contributed by atoms with Crippen molar-refractivity contribution in [2.75, 3.05) is 13.2 Å². The summed E-state index contributed by atoms with van der Waals surface area (Å²) in [6, 6.07) is 4.44. The molecular formula is C13H18FNO2. The number of nitrogens with two attached hydrogens (primary N) is 1. The number of ether oxygens (including phenoxy) is 2. The molecule has 1 aliphatic heterocycles. The lowest BCUT2D eigenvalue weighted by Crippen LogP contribution is -2.12. The third kappa shape index (κ3) is 3.41. The zero-order chi connectivity index (χ0) is 12.1. The first-order valence-electron chi connectivity index (χ1n) is 6.02. The average Bonchev–Trinajstić information content (AvgIpc) is 2.84. The lowest BCUT2D eigenvalue weighted by molar-refractivity contribution is 0.0902. The van der Waals surface area contributed by atoms with Crippen LogP contribution >= 0.6 is 0 Å². The number of rotatable bonds is 5. The van der Waals surface area contributed by atoms with E-state index in [4.69, 9.17) is 15.2 Å². The molecule has 0 amide bonds. The van der Waals surface area contributed by atoms with Crippen LogP contribution in [0.5, 0.6) is 5.75 Å². The van der Waals surface area contributed by atoms with E-state index < -0.39 is 0 Å². The third-order valence-corrected chi connectivity index (χ3v) is 2.96. The molecule has 3 nitrogen and oxygen atoms in total. The average molecular weight is 239 g/mol. The van der Waals surface area contributed by atoms with Gasteiger partial charge in [0.05, 0.1) is 12.7 Å². The molecule has 1 aromatic rings. The van der Waals surface area contributed by atoms with Crippen LogP contribution in [0.2, 0.25) is 0 Å². The smallest absolute Gasteiger partial charge is 0.123 e. The lowest BCUT2D eigenvalue weighted by Gasteiger charge is -2.13. The van der Waals surface area contributed by atoms with Gasteiger partial charge >= 0.3 is 0 Å². The molecule has 1 fully saturated rings.